The summed E-state index contributed by atoms with van der Waals surface area (Å²) >= 11 is 0. The first-order valence-corrected chi connectivity index (χ1v) is 4.96. The summed E-state index contributed by atoms with van der Waals surface area (Å²) in [6.07, 6.45) is 1.88. The highest BCUT2D eigenvalue weighted by Crippen LogP contribution is 2.29. The highest BCUT2D eigenvalue weighted by atomic mass is 16.4. The highest BCUT2D eigenvalue weighted by molar-refractivity contribution is 5.87. The quantitative estimate of drug-likeness (QED) is 0.742. The predicted molar refractivity (Wildman–Crippen MR) is 54.6 cm³/mol. The molecule has 0 bridgehead atoms. The van der Waals surface area contributed by atoms with Gasteiger partial charge in [-0.2, -0.15) is 0 Å². The lowest BCUT2D eigenvalue weighted by Gasteiger charge is -2.28. The lowest BCUT2D eigenvalue weighted by Crippen LogP contribution is -2.36. The third-order valence-corrected chi connectivity index (χ3v) is 2.85. The molecule has 0 saturated heterocycles. The van der Waals surface area contributed by atoms with E-state index in [2.05, 4.69) is 11.8 Å². The molecule has 1 rings (SSSR count). The summed E-state index contributed by atoms with van der Waals surface area (Å²) in [5.74, 6) is -0.827. The Labute approximate surface area is 84.8 Å². The molecule has 14 heavy (non-hydrogen) atoms. The van der Waals surface area contributed by atoms with Crippen LogP contribution in [-0.2, 0) is 4.79 Å². The molecule has 1 atom stereocenters. The number of hydrogen-bond donors (Lipinski definition) is 1. The molecule has 1 aliphatic heterocycles. The summed E-state index contributed by atoms with van der Waals surface area (Å²) in [7, 11) is 3.80. The minimum Gasteiger partial charge on any atom is -0.477 e. The van der Waals surface area contributed by atoms with Gasteiger partial charge < -0.3 is 14.9 Å². The summed E-state index contributed by atoms with van der Waals surface area (Å²) in [6.45, 7) is 4.05. The fourth-order valence-electron chi connectivity index (χ4n) is 2.20. The van der Waals surface area contributed by atoms with Crippen LogP contribution in [-0.4, -0.2) is 41.1 Å². The van der Waals surface area contributed by atoms with Crippen LogP contribution in [0.25, 0.3) is 0 Å². The Morgan fingerprint density at radius 2 is 1.93 bits per heavy atom. The van der Waals surface area contributed by atoms with E-state index in [-0.39, 0.29) is 6.17 Å². The number of carbonyl (C=O) groups is 1. The summed E-state index contributed by atoms with van der Waals surface area (Å²) < 4.78 is 0. The molecule has 0 aliphatic carbocycles. The molecule has 0 radical (unpaired) electrons. The van der Waals surface area contributed by atoms with Crippen LogP contribution in [0.15, 0.2) is 11.4 Å². The molecule has 0 saturated carbocycles. The van der Waals surface area contributed by atoms with Crippen LogP contribution in [0.2, 0.25) is 0 Å². The molecule has 0 spiro atoms. The number of likely N-dealkylation sites (N-methyl/N-ethyl adjacent to an activating group) is 1. The summed E-state index contributed by atoms with van der Waals surface area (Å²) in [6, 6.07) is 0. The Morgan fingerprint density at radius 3 is 2.21 bits per heavy atom. The topological polar surface area (TPSA) is 43.8 Å². The average Bonchev–Trinajstić information content (AvgIpc) is 2.37. The Bertz CT molecular complexity index is 273. The summed E-state index contributed by atoms with van der Waals surface area (Å²) in [4.78, 5) is 15.0. The zero-order chi connectivity index (χ0) is 10.9. The minimum absolute atomic E-state index is 0.191. The first kappa shape index (κ1) is 10.9. The fraction of sp³-hybridized carbons (Fsp3) is 0.700. The smallest absolute Gasteiger partial charge is 0.354 e. The van der Waals surface area contributed by atoms with E-state index in [1.165, 1.54) is 0 Å². The van der Waals surface area contributed by atoms with Crippen molar-refractivity contribution in [2.75, 3.05) is 14.1 Å². The maximum absolute atomic E-state index is 11.1. The molecule has 0 aromatic rings. The van der Waals surface area contributed by atoms with Gasteiger partial charge in [0, 0.05) is 19.8 Å². The molecule has 0 fully saturated rings. The van der Waals surface area contributed by atoms with Crippen molar-refractivity contribution in [3.05, 3.63) is 11.4 Å². The molecule has 80 valence electrons. The Morgan fingerprint density at radius 1 is 1.36 bits per heavy atom. The number of nitrogens with zero attached hydrogens (tertiary/aromatic N) is 2. The van der Waals surface area contributed by atoms with E-state index in [0.29, 0.717) is 5.70 Å². The number of carboxylic acid groups (broad SMARTS) is 1. The molecular weight excluding hydrogens is 180 g/mol. The van der Waals surface area contributed by atoms with Crippen LogP contribution in [0, 0.1) is 0 Å². The molecule has 1 unspecified atom stereocenters. The van der Waals surface area contributed by atoms with Gasteiger partial charge in [-0.3, -0.25) is 0 Å². The Kier molecular flexibility index (Phi) is 3.03. The first-order chi connectivity index (χ1) is 6.54. The highest BCUT2D eigenvalue weighted by Gasteiger charge is 2.34. The number of hydrogen-bond acceptors (Lipinski definition) is 3. The van der Waals surface area contributed by atoms with Crippen LogP contribution >= 0.6 is 0 Å². The normalized spacial score (nSPS) is 22.1. The van der Waals surface area contributed by atoms with Crippen molar-refractivity contribution in [2.24, 2.45) is 0 Å². The van der Waals surface area contributed by atoms with Gasteiger partial charge in [0.15, 0.2) is 0 Å². The standard InChI is InChI=1S/C10H18N2O2/c1-5-7-9(10(13)14)12(4)8(6-2)11(7)3/h8H,5-6H2,1-4H3,(H,13,14). The third kappa shape index (κ3) is 1.45. The van der Waals surface area contributed by atoms with Crippen molar-refractivity contribution in [2.45, 2.75) is 32.9 Å². The van der Waals surface area contributed by atoms with Gasteiger partial charge in [-0.05, 0) is 12.8 Å². The van der Waals surface area contributed by atoms with Crippen LogP contribution in [0.3, 0.4) is 0 Å². The van der Waals surface area contributed by atoms with Crippen molar-refractivity contribution in [3.8, 4) is 0 Å². The largest absolute Gasteiger partial charge is 0.477 e. The van der Waals surface area contributed by atoms with Gasteiger partial charge in [0.05, 0.1) is 0 Å². The van der Waals surface area contributed by atoms with Gasteiger partial charge in [-0.1, -0.05) is 13.8 Å². The predicted octanol–water partition coefficient (Wildman–Crippen LogP) is 1.31. The van der Waals surface area contributed by atoms with E-state index in [1.54, 1.807) is 0 Å². The van der Waals surface area contributed by atoms with Gasteiger partial charge >= 0.3 is 5.97 Å². The maximum Gasteiger partial charge on any atom is 0.354 e. The summed E-state index contributed by atoms with van der Waals surface area (Å²) in [5.41, 5.74) is 1.37. The van der Waals surface area contributed by atoms with Crippen LogP contribution in [0.1, 0.15) is 26.7 Å². The Hall–Kier alpha value is -1.19. The van der Waals surface area contributed by atoms with Gasteiger partial charge in [0.2, 0.25) is 0 Å². The molecule has 0 aromatic carbocycles. The van der Waals surface area contributed by atoms with E-state index >= 15 is 0 Å². The van der Waals surface area contributed by atoms with Crippen LogP contribution < -0.4 is 0 Å². The number of carboxylic acids is 1. The molecule has 4 heteroatoms. The first-order valence-electron chi connectivity index (χ1n) is 4.96. The van der Waals surface area contributed by atoms with E-state index in [0.717, 1.165) is 18.5 Å². The zero-order valence-electron chi connectivity index (χ0n) is 9.24. The fourth-order valence-corrected chi connectivity index (χ4v) is 2.20. The van der Waals surface area contributed by atoms with Gasteiger partial charge in [-0.15, -0.1) is 0 Å². The minimum atomic E-state index is -0.827. The van der Waals surface area contributed by atoms with E-state index < -0.39 is 5.97 Å². The van der Waals surface area contributed by atoms with Gasteiger partial charge in [0.1, 0.15) is 11.9 Å². The van der Waals surface area contributed by atoms with Crippen molar-refractivity contribution < 1.29 is 9.90 Å². The second-order valence-corrected chi connectivity index (χ2v) is 3.56. The van der Waals surface area contributed by atoms with Crippen LogP contribution in [0.4, 0.5) is 0 Å². The second kappa shape index (κ2) is 3.90. The zero-order valence-corrected chi connectivity index (χ0v) is 9.24. The summed E-state index contributed by atoms with van der Waals surface area (Å²) in [5, 5.41) is 9.09. The van der Waals surface area contributed by atoms with Gasteiger partial charge in [0.25, 0.3) is 0 Å². The van der Waals surface area contributed by atoms with Crippen molar-refractivity contribution in [1.29, 1.82) is 0 Å². The molecule has 1 N–H and O–H groups in total. The monoisotopic (exact) mass is 198 g/mol. The number of aliphatic carboxylic acids is 1. The van der Waals surface area contributed by atoms with E-state index in [4.69, 9.17) is 5.11 Å². The van der Waals surface area contributed by atoms with Crippen molar-refractivity contribution >= 4 is 5.97 Å². The molecule has 0 aromatic heterocycles. The second-order valence-electron chi connectivity index (χ2n) is 3.56. The average molecular weight is 198 g/mol. The van der Waals surface area contributed by atoms with Gasteiger partial charge in [-0.25, -0.2) is 4.79 Å². The van der Waals surface area contributed by atoms with E-state index in [9.17, 15) is 4.79 Å². The Balaban J connectivity index is 3.07. The molecular formula is C10H18N2O2. The SMILES string of the molecule is CCC1=C(C(=O)O)N(C)C(CC)N1C. The molecule has 4 nitrogen and oxygen atoms in total. The molecule has 1 heterocycles. The van der Waals surface area contributed by atoms with Crippen LogP contribution in [0.5, 0.6) is 0 Å². The molecule has 0 amide bonds. The maximum atomic E-state index is 11.1. The van der Waals surface area contributed by atoms with Crippen molar-refractivity contribution in [1.82, 2.24) is 9.80 Å². The lowest BCUT2D eigenvalue weighted by molar-refractivity contribution is -0.134. The van der Waals surface area contributed by atoms with E-state index in [1.807, 2.05) is 25.9 Å². The number of rotatable bonds is 3. The number of allylic oxidation sites excluding steroid dienone is 1. The lowest BCUT2D eigenvalue weighted by atomic mass is 10.2. The third-order valence-electron chi connectivity index (χ3n) is 2.85. The van der Waals surface area contributed by atoms with Crippen molar-refractivity contribution in [3.63, 3.8) is 0 Å². The molecule has 1 aliphatic rings.